The molecule has 0 saturated carbocycles. The molecule has 0 aliphatic heterocycles. The average Bonchev–Trinajstić information content (AvgIpc) is 1.65. The monoisotopic (exact) mass is 110 g/mol. The van der Waals surface area contributed by atoms with Gasteiger partial charge in [-0.25, -0.2) is 8.78 Å². The minimum absolute atomic E-state index is 0.0154. The number of hydrogen-bond donors (Lipinski definition) is 0. The molecule has 0 spiro atoms. The van der Waals surface area contributed by atoms with Crippen molar-refractivity contribution in [2.45, 2.75) is 0 Å². The summed E-state index contributed by atoms with van der Waals surface area (Å²) in [4.78, 5) is 0. The summed E-state index contributed by atoms with van der Waals surface area (Å²) in [7, 11) is -0.0490. The van der Waals surface area contributed by atoms with Crippen LogP contribution in [-0.4, -0.2) is 6.66 Å². The van der Waals surface area contributed by atoms with Crippen molar-refractivity contribution in [1.29, 1.82) is 0 Å². The van der Waals surface area contributed by atoms with Gasteiger partial charge in [-0.2, -0.15) is 0 Å². The van der Waals surface area contributed by atoms with Gasteiger partial charge >= 0.3 is 0 Å². The highest BCUT2D eigenvalue weighted by Gasteiger charge is 1.81. The number of hydrogen-bond acceptors (Lipinski definition) is 0. The molecule has 1 unspecified atom stereocenters. The van der Waals surface area contributed by atoms with Crippen LogP contribution in [0.5, 0.6) is 0 Å². The van der Waals surface area contributed by atoms with Gasteiger partial charge in [-0.1, -0.05) is 8.58 Å². The summed E-state index contributed by atoms with van der Waals surface area (Å²) in [6.45, 7) is 1.57. The standard InChI is InChI=1S/C3H5F2P/c1-6-3(5)2-4/h2,6H,1H3/b3-2+. The zero-order chi connectivity index (χ0) is 4.99. The molecular formula is C3H5F2P. The quantitative estimate of drug-likeness (QED) is 0.453. The molecule has 0 rings (SSSR count). The van der Waals surface area contributed by atoms with Crippen molar-refractivity contribution in [3.05, 3.63) is 11.9 Å². The highest BCUT2D eigenvalue weighted by molar-refractivity contribution is 7.41. The Bertz CT molecular complexity index is 59.8. The Labute approximate surface area is 37.0 Å². The van der Waals surface area contributed by atoms with E-state index in [1.165, 1.54) is 0 Å². The Hall–Kier alpha value is 0.0300. The summed E-state index contributed by atoms with van der Waals surface area (Å²) >= 11 is 0. The average molecular weight is 110 g/mol. The van der Waals surface area contributed by atoms with E-state index in [1.807, 2.05) is 0 Å². The lowest BCUT2D eigenvalue weighted by Crippen LogP contribution is -1.47. The van der Waals surface area contributed by atoms with E-state index < -0.39 is 5.57 Å². The smallest absolute Gasteiger partial charge is 0.147 e. The van der Waals surface area contributed by atoms with Crippen LogP contribution in [0, 0.1) is 0 Å². The molecule has 0 aromatic carbocycles. The van der Waals surface area contributed by atoms with Crippen molar-refractivity contribution in [1.82, 2.24) is 0 Å². The first-order valence-electron chi connectivity index (χ1n) is 1.45. The molecule has 0 saturated heterocycles. The highest BCUT2D eigenvalue weighted by atomic mass is 31.1. The molecule has 1 atom stereocenters. The summed E-state index contributed by atoms with van der Waals surface area (Å²) < 4.78 is 22.2. The summed E-state index contributed by atoms with van der Waals surface area (Å²) in [5.41, 5.74) is -0.671. The lowest BCUT2D eigenvalue weighted by Gasteiger charge is -1.77. The lowest BCUT2D eigenvalue weighted by atomic mass is 11.1. The van der Waals surface area contributed by atoms with Gasteiger partial charge < -0.3 is 0 Å². The zero-order valence-electron chi connectivity index (χ0n) is 3.33. The van der Waals surface area contributed by atoms with Crippen LogP contribution in [0.25, 0.3) is 0 Å². The summed E-state index contributed by atoms with van der Waals surface area (Å²) in [6, 6.07) is 0. The van der Waals surface area contributed by atoms with E-state index in [0.717, 1.165) is 0 Å². The van der Waals surface area contributed by atoms with Crippen molar-refractivity contribution >= 4 is 8.58 Å². The highest BCUT2D eigenvalue weighted by Crippen LogP contribution is 2.18. The first-order valence-corrected chi connectivity index (χ1v) is 2.95. The van der Waals surface area contributed by atoms with Gasteiger partial charge in [0, 0.05) is 0 Å². The van der Waals surface area contributed by atoms with E-state index in [4.69, 9.17) is 0 Å². The van der Waals surface area contributed by atoms with Crippen LogP contribution < -0.4 is 0 Å². The molecule has 0 fully saturated rings. The van der Waals surface area contributed by atoms with Crippen molar-refractivity contribution in [2.24, 2.45) is 0 Å². The molecule has 0 radical (unpaired) electrons. The molecule has 0 nitrogen and oxygen atoms in total. The fourth-order valence-corrected chi connectivity index (χ4v) is 0.164. The molecule has 0 N–H and O–H groups in total. The van der Waals surface area contributed by atoms with Crippen LogP contribution in [0.2, 0.25) is 0 Å². The van der Waals surface area contributed by atoms with E-state index in [-0.39, 0.29) is 14.9 Å². The van der Waals surface area contributed by atoms with E-state index in [1.54, 1.807) is 6.66 Å². The van der Waals surface area contributed by atoms with E-state index >= 15 is 0 Å². The molecule has 0 bridgehead atoms. The second-order valence-electron chi connectivity index (χ2n) is 0.707. The SMILES string of the molecule is CP/C(F)=C/F. The molecule has 36 valence electrons. The fourth-order valence-electron chi connectivity index (χ4n) is 0.0546. The van der Waals surface area contributed by atoms with Crippen molar-refractivity contribution in [2.75, 3.05) is 6.66 Å². The maximum Gasteiger partial charge on any atom is 0.147 e. The maximum absolute atomic E-state index is 11.4. The Morgan fingerprint density at radius 1 is 1.83 bits per heavy atom. The van der Waals surface area contributed by atoms with E-state index in [0.29, 0.717) is 0 Å². The van der Waals surface area contributed by atoms with Gasteiger partial charge in [0.05, 0.1) is 0 Å². The molecule has 3 heteroatoms. The molecule has 0 aliphatic rings. The van der Waals surface area contributed by atoms with Gasteiger partial charge in [-0.15, -0.1) is 0 Å². The Balaban J connectivity index is 3.22. The maximum atomic E-state index is 11.4. The van der Waals surface area contributed by atoms with Crippen LogP contribution in [0.4, 0.5) is 8.78 Å². The predicted molar refractivity (Wildman–Crippen MR) is 24.5 cm³/mol. The number of halogens is 2. The molecule has 0 aliphatic carbocycles. The van der Waals surface area contributed by atoms with Gasteiger partial charge in [0.2, 0.25) is 0 Å². The number of rotatable bonds is 1. The third-order valence-electron chi connectivity index (χ3n) is 0.335. The Kier molecular flexibility index (Phi) is 3.24. The molecule has 0 amide bonds. The summed E-state index contributed by atoms with van der Waals surface area (Å²) in [5, 5.41) is 0. The van der Waals surface area contributed by atoms with Gasteiger partial charge in [-0.05, 0) is 6.66 Å². The van der Waals surface area contributed by atoms with E-state index in [9.17, 15) is 8.78 Å². The Morgan fingerprint density at radius 3 is 2.33 bits per heavy atom. The van der Waals surface area contributed by atoms with Crippen LogP contribution in [0.1, 0.15) is 0 Å². The van der Waals surface area contributed by atoms with Crippen LogP contribution in [0.3, 0.4) is 0 Å². The first kappa shape index (κ1) is 6.03. The van der Waals surface area contributed by atoms with Crippen LogP contribution in [-0.2, 0) is 0 Å². The zero-order valence-corrected chi connectivity index (χ0v) is 4.33. The van der Waals surface area contributed by atoms with Crippen molar-refractivity contribution in [3.8, 4) is 0 Å². The molecule has 0 aromatic heterocycles. The van der Waals surface area contributed by atoms with Gasteiger partial charge in [0.25, 0.3) is 0 Å². The Morgan fingerprint density at radius 2 is 2.33 bits per heavy atom. The second kappa shape index (κ2) is 3.23. The van der Waals surface area contributed by atoms with Gasteiger partial charge in [-0.3, -0.25) is 0 Å². The topological polar surface area (TPSA) is 0 Å². The van der Waals surface area contributed by atoms with Crippen LogP contribution in [0.15, 0.2) is 11.9 Å². The second-order valence-corrected chi connectivity index (χ2v) is 1.68. The van der Waals surface area contributed by atoms with Gasteiger partial charge in [0.15, 0.2) is 0 Å². The third-order valence-corrected chi connectivity index (χ3v) is 0.921. The molecule has 0 heterocycles. The molecule has 0 aromatic rings. The first-order chi connectivity index (χ1) is 2.81. The minimum Gasteiger partial charge on any atom is -0.212 e. The third kappa shape index (κ3) is 2.28. The summed E-state index contributed by atoms with van der Waals surface area (Å²) in [5.74, 6) is 0. The van der Waals surface area contributed by atoms with E-state index in [2.05, 4.69) is 0 Å². The van der Waals surface area contributed by atoms with Crippen molar-refractivity contribution in [3.63, 3.8) is 0 Å². The fraction of sp³-hybridized carbons (Fsp3) is 0.333. The van der Waals surface area contributed by atoms with Gasteiger partial charge in [0.1, 0.15) is 11.9 Å². The normalized spacial score (nSPS) is 14.2. The largest absolute Gasteiger partial charge is 0.212 e. The molecular weight excluding hydrogens is 105 g/mol. The summed E-state index contributed by atoms with van der Waals surface area (Å²) in [6.07, 6.45) is -0.0154. The van der Waals surface area contributed by atoms with Crippen molar-refractivity contribution < 1.29 is 8.78 Å². The lowest BCUT2D eigenvalue weighted by molar-refractivity contribution is 0.629. The molecule has 6 heavy (non-hydrogen) atoms. The predicted octanol–water partition coefficient (Wildman–Crippen LogP) is 2.03. The minimum atomic E-state index is -0.671. The van der Waals surface area contributed by atoms with Crippen LogP contribution >= 0.6 is 8.58 Å².